The maximum absolute atomic E-state index is 12.5. The van der Waals surface area contributed by atoms with Gasteiger partial charge in [0.25, 0.3) is 5.91 Å². The van der Waals surface area contributed by atoms with Crippen LogP contribution in [0, 0.1) is 5.92 Å². The van der Waals surface area contributed by atoms with Crippen molar-refractivity contribution in [2.24, 2.45) is 16.6 Å². The fraction of sp³-hybridized carbons (Fsp3) is 0.414. The number of nitrogens with zero attached hydrogens (tertiary/aromatic N) is 2. The van der Waals surface area contributed by atoms with Crippen LogP contribution in [-0.4, -0.2) is 47.2 Å². The van der Waals surface area contributed by atoms with Crippen molar-refractivity contribution in [3.8, 4) is 11.1 Å². The number of amides is 1. The molecule has 6 heteroatoms. The number of benzene rings is 2. The smallest absolute Gasteiger partial charge is 0.332 e. The maximum atomic E-state index is 12.5. The van der Waals surface area contributed by atoms with Gasteiger partial charge in [-0.25, -0.2) is 4.79 Å². The van der Waals surface area contributed by atoms with Crippen molar-refractivity contribution in [2.75, 3.05) is 19.6 Å². The van der Waals surface area contributed by atoms with Gasteiger partial charge < -0.3 is 15.7 Å². The van der Waals surface area contributed by atoms with Crippen molar-refractivity contribution in [3.05, 3.63) is 59.2 Å². The summed E-state index contributed by atoms with van der Waals surface area (Å²) in [4.78, 5) is 30.7. The van der Waals surface area contributed by atoms with Crippen LogP contribution in [-0.2, 0) is 4.79 Å². The first kappa shape index (κ1) is 26.4. The number of nitrogens with two attached hydrogens (primary N) is 1. The lowest BCUT2D eigenvalue weighted by Crippen LogP contribution is -2.27. The van der Waals surface area contributed by atoms with E-state index >= 15 is 0 Å². The Hall–Kier alpha value is -3.25. The highest BCUT2D eigenvalue weighted by Gasteiger charge is 2.23. The first-order valence-electron chi connectivity index (χ1n) is 12.6. The van der Waals surface area contributed by atoms with Crippen LogP contribution in [0.15, 0.2) is 53.0 Å². The molecule has 0 bridgehead atoms. The zero-order valence-corrected chi connectivity index (χ0v) is 21.1. The van der Waals surface area contributed by atoms with Gasteiger partial charge in [-0.05, 0) is 74.2 Å². The molecular weight excluding hydrogens is 438 g/mol. The number of hydrogen-bond donors (Lipinski definition) is 2. The molecule has 2 aromatic carbocycles. The minimum absolute atomic E-state index is 0.0869. The number of carboxylic acid groups (broad SMARTS) is 1. The summed E-state index contributed by atoms with van der Waals surface area (Å²) >= 11 is 0. The average molecular weight is 476 g/mol. The van der Waals surface area contributed by atoms with Gasteiger partial charge in [0.2, 0.25) is 0 Å². The number of unbranched alkanes of at least 4 members (excludes halogenated alkanes) is 2. The molecular formula is C29H37N3O3. The summed E-state index contributed by atoms with van der Waals surface area (Å²) in [6.45, 7) is 8.43. The SMILES string of the molecule is CC1=Nc2ccc(-c3ccc(C(=O)N4CCCC4)cc3)cc2C=C(C(=O)O)C1C.CCCCCN. The summed E-state index contributed by atoms with van der Waals surface area (Å²) in [7, 11) is 0. The van der Waals surface area contributed by atoms with Gasteiger partial charge in [0.15, 0.2) is 0 Å². The number of rotatable bonds is 6. The number of carbonyl (C=O) groups is 2. The molecule has 6 nitrogen and oxygen atoms in total. The summed E-state index contributed by atoms with van der Waals surface area (Å²) in [6, 6.07) is 13.5. The molecule has 2 aliphatic heterocycles. The van der Waals surface area contributed by atoms with Crippen LogP contribution in [0.4, 0.5) is 5.69 Å². The van der Waals surface area contributed by atoms with E-state index in [2.05, 4.69) is 11.9 Å². The van der Waals surface area contributed by atoms with Gasteiger partial charge in [0.1, 0.15) is 0 Å². The summed E-state index contributed by atoms with van der Waals surface area (Å²) < 4.78 is 0. The first-order valence-corrected chi connectivity index (χ1v) is 12.6. The zero-order valence-electron chi connectivity index (χ0n) is 21.1. The topological polar surface area (TPSA) is 96.0 Å². The third-order valence-electron chi connectivity index (χ3n) is 6.64. The quantitative estimate of drug-likeness (QED) is 0.506. The van der Waals surface area contributed by atoms with Gasteiger partial charge in [-0.15, -0.1) is 0 Å². The standard InChI is InChI=1S/C24H24N2O3.C5H13N/c1-15-16(2)25-22-10-9-19(13-20(22)14-21(15)24(28)29)17-5-7-18(8-6-17)23(27)26-11-3-4-12-26;1-2-3-4-5-6/h5-10,13-15H,3-4,11-12H2,1-2H3,(H,28,29);2-6H2,1H3. The van der Waals surface area contributed by atoms with E-state index < -0.39 is 5.97 Å². The largest absolute Gasteiger partial charge is 0.478 e. The number of fused-ring (bicyclic) bond motifs is 1. The lowest BCUT2D eigenvalue weighted by atomic mass is 9.95. The fourth-order valence-electron chi connectivity index (χ4n) is 4.31. The second-order valence-electron chi connectivity index (χ2n) is 9.23. The van der Waals surface area contributed by atoms with Crippen molar-refractivity contribution < 1.29 is 14.7 Å². The molecule has 0 radical (unpaired) electrons. The Morgan fingerprint density at radius 1 is 1.06 bits per heavy atom. The van der Waals surface area contributed by atoms with Crippen molar-refractivity contribution in [2.45, 2.75) is 52.9 Å². The minimum atomic E-state index is -0.921. The molecule has 1 unspecified atom stereocenters. The van der Waals surface area contributed by atoms with Crippen molar-refractivity contribution >= 4 is 29.4 Å². The van der Waals surface area contributed by atoms with E-state index in [1.807, 2.05) is 61.2 Å². The normalized spacial score (nSPS) is 16.9. The number of hydrogen-bond acceptors (Lipinski definition) is 4. The van der Waals surface area contributed by atoms with Crippen LogP contribution in [0.3, 0.4) is 0 Å². The molecule has 0 aliphatic carbocycles. The highest BCUT2D eigenvalue weighted by Crippen LogP contribution is 2.33. The second kappa shape index (κ2) is 12.5. The molecule has 1 amide bonds. The molecule has 2 heterocycles. The van der Waals surface area contributed by atoms with Crippen LogP contribution in [0.1, 0.15) is 68.8 Å². The van der Waals surface area contributed by atoms with Crippen molar-refractivity contribution in [1.29, 1.82) is 0 Å². The Morgan fingerprint density at radius 3 is 2.29 bits per heavy atom. The predicted octanol–water partition coefficient (Wildman–Crippen LogP) is 5.94. The third kappa shape index (κ3) is 6.67. The van der Waals surface area contributed by atoms with E-state index in [0.29, 0.717) is 11.1 Å². The molecule has 186 valence electrons. The Labute approximate surface area is 208 Å². The molecule has 3 N–H and O–H groups in total. The molecule has 35 heavy (non-hydrogen) atoms. The highest BCUT2D eigenvalue weighted by molar-refractivity contribution is 6.04. The van der Waals surface area contributed by atoms with E-state index in [4.69, 9.17) is 5.73 Å². The Kier molecular flexibility index (Phi) is 9.38. The van der Waals surface area contributed by atoms with Gasteiger partial charge in [0, 0.05) is 41.4 Å². The maximum Gasteiger partial charge on any atom is 0.332 e. The monoisotopic (exact) mass is 475 g/mol. The van der Waals surface area contributed by atoms with Crippen LogP contribution in [0.25, 0.3) is 17.2 Å². The molecule has 2 aliphatic rings. The van der Waals surface area contributed by atoms with Crippen molar-refractivity contribution in [1.82, 2.24) is 4.90 Å². The average Bonchev–Trinajstić information content (AvgIpc) is 3.37. The Morgan fingerprint density at radius 2 is 1.71 bits per heavy atom. The Balaban J connectivity index is 0.000000509. The number of carboxylic acids is 1. The molecule has 1 atom stereocenters. The molecule has 0 saturated carbocycles. The van der Waals surface area contributed by atoms with Gasteiger partial charge >= 0.3 is 5.97 Å². The summed E-state index contributed by atoms with van der Waals surface area (Å²) in [5, 5.41) is 9.58. The molecule has 1 fully saturated rings. The van der Waals surface area contributed by atoms with E-state index in [1.54, 1.807) is 6.08 Å². The van der Waals surface area contributed by atoms with E-state index in [1.165, 1.54) is 19.3 Å². The number of aliphatic imine (C=N–C) groups is 1. The van der Waals surface area contributed by atoms with E-state index in [-0.39, 0.29) is 11.8 Å². The summed E-state index contributed by atoms with van der Waals surface area (Å²) in [5.74, 6) is -1.07. The lowest BCUT2D eigenvalue weighted by Gasteiger charge is -2.15. The van der Waals surface area contributed by atoms with Gasteiger partial charge in [-0.2, -0.15) is 0 Å². The van der Waals surface area contributed by atoms with Crippen molar-refractivity contribution in [3.63, 3.8) is 0 Å². The number of aliphatic carboxylic acids is 1. The molecule has 0 aromatic heterocycles. The van der Waals surface area contributed by atoms with Crippen LogP contribution in [0.5, 0.6) is 0 Å². The van der Waals surface area contributed by atoms with Gasteiger partial charge in [0.05, 0.1) is 5.69 Å². The van der Waals surface area contributed by atoms with Crippen LogP contribution < -0.4 is 5.73 Å². The van der Waals surface area contributed by atoms with Gasteiger partial charge in [-0.3, -0.25) is 9.79 Å². The number of likely N-dealkylation sites (tertiary alicyclic amines) is 1. The summed E-state index contributed by atoms with van der Waals surface area (Å²) in [6.07, 6.45) is 7.62. The molecule has 2 aromatic rings. The summed E-state index contributed by atoms with van der Waals surface area (Å²) in [5.41, 5.74) is 10.6. The Bertz CT molecular complexity index is 1090. The third-order valence-corrected chi connectivity index (χ3v) is 6.64. The van der Waals surface area contributed by atoms with Crippen LogP contribution in [0.2, 0.25) is 0 Å². The zero-order chi connectivity index (χ0) is 25.4. The fourth-order valence-corrected chi connectivity index (χ4v) is 4.31. The second-order valence-corrected chi connectivity index (χ2v) is 9.23. The predicted molar refractivity (Wildman–Crippen MR) is 143 cm³/mol. The minimum Gasteiger partial charge on any atom is -0.478 e. The first-order chi connectivity index (χ1) is 16.8. The number of carbonyl (C=O) groups excluding carboxylic acids is 1. The molecule has 4 rings (SSSR count). The highest BCUT2D eigenvalue weighted by atomic mass is 16.4. The van der Waals surface area contributed by atoms with Gasteiger partial charge in [-0.1, -0.05) is 44.9 Å². The lowest BCUT2D eigenvalue weighted by molar-refractivity contribution is -0.132. The van der Waals surface area contributed by atoms with E-state index in [9.17, 15) is 14.7 Å². The van der Waals surface area contributed by atoms with Crippen LogP contribution >= 0.6 is 0 Å². The van der Waals surface area contributed by atoms with E-state index in [0.717, 1.165) is 60.6 Å². The molecule has 0 spiro atoms. The molecule has 1 saturated heterocycles.